The Morgan fingerprint density at radius 2 is 1.89 bits per heavy atom. The minimum Gasteiger partial charge on any atom is -0.352 e. The van der Waals surface area contributed by atoms with Gasteiger partial charge < -0.3 is 10.2 Å². The van der Waals surface area contributed by atoms with Gasteiger partial charge in [-0.05, 0) is 25.7 Å². The van der Waals surface area contributed by atoms with Crippen molar-refractivity contribution in [2.24, 2.45) is 5.92 Å². The van der Waals surface area contributed by atoms with Crippen LogP contribution in [0.4, 0.5) is 0 Å². The highest BCUT2D eigenvalue weighted by Crippen LogP contribution is 2.17. The van der Waals surface area contributed by atoms with Gasteiger partial charge in [-0.2, -0.15) is 5.26 Å². The van der Waals surface area contributed by atoms with Crippen molar-refractivity contribution in [1.29, 1.82) is 5.26 Å². The summed E-state index contributed by atoms with van der Waals surface area (Å²) in [6.45, 7) is 5.49. The number of piperidine rings is 1. The molecule has 1 N–H and O–H groups in total. The fraction of sp³-hybridized carbons (Fsp3) is 0.786. The van der Waals surface area contributed by atoms with Crippen molar-refractivity contribution in [3.05, 3.63) is 0 Å². The van der Waals surface area contributed by atoms with Gasteiger partial charge in [0, 0.05) is 25.0 Å². The second-order valence-electron chi connectivity index (χ2n) is 5.02. The molecule has 0 bridgehead atoms. The van der Waals surface area contributed by atoms with Gasteiger partial charge in [-0.15, -0.1) is 0 Å². The standard InChI is InChI=1S/C14H23N3O2/c1-3-11(4-2)14(19)17-9-6-12(7-10-17)16-13(18)5-8-15/h11-12H,3-7,9-10H2,1-2H3,(H,16,18). The Kier molecular flexibility index (Phi) is 6.34. The Morgan fingerprint density at radius 3 is 2.37 bits per heavy atom. The molecule has 0 aromatic heterocycles. The van der Waals surface area contributed by atoms with Gasteiger partial charge in [-0.1, -0.05) is 13.8 Å². The van der Waals surface area contributed by atoms with Crippen LogP contribution in [0.2, 0.25) is 0 Å². The third-order valence-electron chi connectivity index (χ3n) is 3.75. The summed E-state index contributed by atoms with van der Waals surface area (Å²) in [6, 6.07) is 1.94. The van der Waals surface area contributed by atoms with E-state index in [2.05, 4.69) is 5.32 Å². The quantitative estimate of drug-likeness (QED) is 0.817. The van der Waals surface area contributed by atoms with Crippen molar-refractivity contribution >= 4 is 11.8 Å². The van der Waals surface area contributed by atoms with Crippen LogP contribution in [0.5, 0.6) is 0 Å². The molecule has 0 atom stereocenters. The number of hydrogen-bond acceptors (Lipinski definition) is 3. The lowest BCUT2D eigenvalue weighted by Gasteiger charge is -2.34. The lowest BCUT2D eigenvalue weighted by Crippen LogP contribution is -2.47. The van der Waals surface area contributed by atoms with E-state index < -0.39 is 0 Å². The van der Waals surface area contributed by atoms with Crippen molar-refractivity contribution in [2.75, 3.05) is 13.1 Å². The largest absolute Gasteiger partial charge is 0.352 e. The smallest absolute Gasteiger partial charge is 0.234 e. The first kappa shape index (κ1) is 15.5. The van der Waals surface area contributed by atoms with Gasteiger partial charge in [0.05, 0.1) is 6.07 Å². The molecule has 1 saturated heterocycles. The Bertz CT molecular complexity index is 350. The van der Waals surface area contributed by atoms with Crippen LogP contribution in [0.25, 0.3) is 0 Å². The molecular weight excluding hydrogens is 242 g/mol. The van der Waals surface area contributed by atoms with Gasteiger partial charge in [0.15, 0.2) is 0 Å². The molecule has 5 nitrogen and oxygen atoms in total. The molecule has 0 unspecified atom stereocenters. The molecule has 19 heavy (non-hydrogen) atoms. The lowest BCUT2D eigenvalue weighted by atomic mass is 9.98. The highest BCUT2D eigenvalue weighted by molar-refractivity contribution is 5.79. The number of rotatable bonds is 5. The number of carbonyl (C=O) groups is 2. The second-order valence-corrected chi connectivity index (χ2v) is 5.02. The normalized spacial score (nSPS) is 16.2. The van der Waals surface area contributed by atoms with E-state index in [0.29, 0.717) is 13.1 Å². The monoisotopic (exact) mass is 265 g/mol. The van der Waals surface area contributed by atoms with E-state index in [0.717, 1.165) is 25.7 Å². The summed E-state index contributed by atoms with van der Waals surface area (Å²) < 4.78 is 0. The van der Waals surface area contributed by atoms with Crippen molar-refractivity contribution in [1.82, 2.24) is 10.2 Å². The van der Waals surface area contributed by atoms with Gasteiger partial charge in [-0.3, -0.25) is 9.59 Å². The molecule has 1 rings (SSSR count). The predicted octanol–water partition coefficient (Wildman–Crippen LogP) is 1.44. The average Bonchev–Trinajstić information content (AvgIpc) is 2.41. The second kappa shape index (κ2) is 7.78. The zero-order chi connectivity index (χ0) is 14.3. The Morgan fingerprint density at radius 1 is 1.32 bits per heavy atom. The van der Waals surface area contributed by atoms with E-state index in [1.165, 1.54) is 0 Å². The summed E-state index contributed by atoms with van der Waals surface area (Å²) >= 11 is 0. The fourth-order valence-electron chi connectivity index (χ4n) is 2.49. The molecule has 5 heteroatoms. The Labute approximate surface area is 115 Å². The van der Waals surface area contributed by atoms with Crippen LogP contribution in [0.3, 0.4) is 0 Å². The van der Waals surface area contributed by atoms with Gasteiger partial charge in [-0.25, -0.2) is 0 Å². The first-order chi connectivity index (χ1) is 9.12. The number of hydrogen-bond donors (Lipinski definition) is 1. The first-order valence-electron chi connectivity index (χ1n) is 7.07. The number of nitriles is 1. The van der Waals surface area contributed by atoms with Crippen LogP contribution in [0.1, 0.15) is 46.0 Å². The Balaban J connectivity index is 2.38. The van der Waals surface area contributed by atoms with Gasteiger partial charge >= 0.3 is 0 Å². The van der Waals surface area contributed by atoms with Gasteiger partial charge in [0.25, 0.3) is 0 Å². The number of likely N-dealkylation sites (tertiary alicyclic amines) is 1. The lowest BCUT2D eigenvalue weighted by molar-refractivity contribution is -0.137. The van der Waals surface area contributed by atoms with E-state index in [4.69, 9.17) is 5.26 Å². The highest BCUT2D eigenvalue weighted by atomic mass is 16.2. The minimum atomic E-state index is -0.215. The summed E-state index contributed by atoms with van der Waals surface area (Å²) in [4.78, 5) is 25.4. The van der Waals surface area contributed by atoms with Crippen LogP contribution in [0.15, 0.2) is 0 Å². The Hall–Kier alpha value is -1.57. The molecule has 1 aliphatic rings. The minimum absolute atomic E-state index is 0.0904. The molecule has 1 heterocycles. The van der Waals surface area contributed by atoms with Crippen LogP contribution in [-0.4, -0.2) is 35.8 Å². The molecular formula is C14H23N3O2. The number of nitrogens with one attached hydrogen (secondary N) is 1. The van der Waals surface area contributed by atoms with Crippen molar-refractivity contribution in [3.8, 4) is 6.07 Å². The van der Waals surface area contributed by atoms with E-state index in [1.807, 2.05) is 24.8 Å². The maximum atomic E-state index is 12.2. The highest BCUT2D eigenvalue weighted by Gasteiger charge is 2.26. The van der Waals surface area contributed by atoms with Crippen LogP contribution in [-0.2, 0) is 9.59 Å². The average molecular weight is 265 g/mol. The van der Waals surface area contributed by atoms with Crippen molar-refractivity contribution in [3.63, 3.8) is 0 Å². The molecule has 1 aliphatic heterocycles. The van der Waals surface area contributed by atoms with E-state index in [9.17, 15) is 9.59 Å². The number of nitrogens with zero attached hydrogens (tertiary/aromatic N) is 2. The maximum absolute atomic E-state index is 12.2. The first-order valence-corrected chi connectivity index (χ1v) is 7.07. The third kappa shape index (κ3) is 4.55. The summed E-state index contributed by atoms with van der Waals surface area (Å²) in [5.74, 6) is 0.156. The summed E-state index contributed by atoms with van der Waals surface area (Å²) in [5.41, 5.74) is 0. The molecule has 0 aromatic carbocycles. The fourth-order valence-corrected chi connectivity index (χ4v) is 2.49. The molecule has 1 fully saturated rings. The zero-order valence-corrected chi connectivity index (χ0v) is 11.8. The van der Waals surface area contributed by atoms with E-state index in [-0.39, 0.29) is 30.2 Å². The van der Waals surface area contributed by atoms with Crippen LogP contribution < -0.4 is 5.32 Å². The predicted molar refractivity (Wildman–Crippen MR) is 72.0 cm³/mol. The molecule has 0 radical (unpaired) electrons. The van der Waals surface area contributed by atoms with Crippen molar-refractivity contribution in [2.45, 2.75) is 52.0 Å². The van der Waals surface area contributed by atoms with E-state index in [1.54, 1.807) is 0 Å². The molecule has 2 amide bonds. The van der Waals surface area contributed by atoms with Crippen LogP contribution >= 0.6 is 0 Å². The third-order valence-corrected chi connectivity index (χ3v) is 3.75. The maximum Gasteiger partial charge on any atom is 0.234 e. The van der Waals surface area contributed by atoms with Crippen LogP contribution in [0, 0.1) is 17.2 Å². The molecule has 0 spiro atoms. The topological polar surface area (TPSA) is 73.2 Å². The summed E-state index contributed by atoms with van der Waals surface area (Å²) in [5, 5.41) is 11.3. The molecule has 0 aromatic rings. The molecule has 0 saturated carbocycles. The van der Waals surface area contributed by atoms with Crippen molar-refractivity contribution < 1.29 is 9.59 Å². The molecule has 106 valence electrons. The van der Waals surface area contributed by atoms with Gasteiger partial charge in [0.2, 0.25) is 11.8 Å². The summed E-state index contributed by atoms with van der Waals surface area (Å²) in [7, 11) is 0. The number of amides is 2. The van der Waals surface area contributed by atoms with Gasteiger partial charge in [0.1, 0.15) is 6.42 Å². The summed E-state index contributed by atoms with van der Waals surface area (Å²) in [6.07, 6.45) is 3.24. The molecule has 0 aliphatic carbocycles. The van der Waals surface area contributed by atoms with E-state index >= 15 is 0 Å². The SMILES string of the molecule is CCC(CC)C(=O)N1CCC(NC(=O)CC#N)CC1. The number of carbonyl (C=O) groups excluding carboxylic acids is 2. The zero-order valence-electron chi connectivity index (χ0n) is 11.8.